The molecule has 0 spiro atoms. The van der Waals surface area contributed by atoms with Gasteiger partial charge >= 0.3 is 0 Å². The summed E-state index contributed by atoms with van der Waals surface area (Å²) >= 11 is 0. The molecule has 16 heavy (non-hydrogen) atoms. The Balaban J connectivity index is 1.89. The van der Waals surface area contributed by atoms with Crippen molar-refractivity contribution in [3.05, 3.63) is 18.1 Å². The molecule has 2 N–H and O–H groups in total. The van der Waals surface area contributed by atoms with Gasteiger partial charge in [0.25, 0.3) is 0 Å². The summed E-state index contributed by atoms with van der Waals surface area (Å²) in [6.07, 6.45) is 4.71. The van der Waals surface area contributed by atoms with Crippen molar-refractivity contribution in [3.63, 3.8) is 0 Å². The van der Waals surface area contributed by atoms with Crippen LogP contribution >= 0.6 is 0 Å². The highest BCUT2D eigenvalue weighted by atomic mass is 15.2. The Bertz CT molecular complexity index is 333. The van der Waals surface area contributed by atoms with Gasteiger partial charge in [-0.05, 0) is 24.8 Å². The molecule has 0 bridgehead atoms. The number of aromatic nitrogens is 2. The summed E-state index contributed by atoms with van der Waals surface area (Å²) in [6, 6.07) is 0. The molecular weight excluding hydrogens is 200 g/mol. The van der Waals surface area contributed by atoms with Gasteiger partial charge in [-0.3, -0.25) is 9.88 Å². The van der Waals surface area contributed by atoms with E-state index in [9.17, 15) is 0 Å². The second kappa shape index (κ2) is 4.78. The zero-order chi connectivity index (χ0) is 11.5. The summed E-state index contributed by atoms with van der Waals surface area (Å²) in [4.78, 5) is 10.8. The number of nitrogens with zero attached hydrogens (tertiary/aromatic N) is 3. The van der Waals surface area contributed by atoms with Crippen molar-refractivity contribution in [2.75, 3.05) is 18.8 Å². The van der Waals surface area contributed by atoms with E-state index in [-0.39, 0.29) is 0 Å². The molecule has 1 saturated heterocycles. The Morgan fingerprint density at radius 3 is 2.81 bits per heavy atom. The third-order valence-corrected chi connectivity index (χ3v) is 3.36. The first-order chi connectivity index (χ1) is 7.65. The van der Waals surface area contributed by atoms with Crippen molar-refractivity contribution < 1.29 is 0 Å². The van der Waals surface area contributed by atoms with Crippen LogP contribution in [0.25, 0.3) is 0 Å². The molecule has 0 saturated carbocycles. The SMILES string of the molecule is CC(C)C1CCN(Cc2cnc(N)cn2)C1. The number of hydrogen-bond donors (Lipinski definition) is 1. The van der Waals surface area contributed by atoms with Gasteiger partial charge < -0.3 is 5.73 Å². The number of nitrogen functional groups attached to an aromatic ring is 1. The van der Waals surface area contributed by atoms with E-state index in [0.717, 1.165) is 24.1 Å². The van der Waals surface area contributed by atoms with Gasteiger partial charge in [0.2, 0.25) is 0 Å². The second-order valence-electron chi connectivity index (χ2n) is 4.96. The van der Waals surface area contributed by atoms with Gasteiger partial charge in [0.15, 0.2) is 0 Å². The van der Waals surface area contributed by atoms with Crippen molar-refractivity contribution in [1.29, 1.82) is 0 Å². The first kappa shape index (κ1) is 11.3. The van der Waals surface area contributed by atoms with E-state index in [1.807, 2.05) is 0 Å². The molecule has 0 amide bonds. The molecular formula is C12H20N4. The van der Waals surface area contributed by atoms with Gasteiger partial charge in [-0.15, -0.1) is 0 Å². The van der Waals surface area contributed by atoms with Crippen molar-refractivity contribution >= 4 is 5.82 Å². The lowest BCUT2D eigenvalue weighted by Crippen LogP contribution is -2.22. The van der Waals surface area contributed by atoms with Crippen LogP contribution < -0.4 is 5.73 Å². The molecule has 1 aliphatic rings. The van der Waals surface area contributed by atoms with Crippen LogP contribution in [0.5, 0.6) is 0 Å². The molecule has 0 aliphatic carbocycles. The third-order valence-electron chi connectivity index (χ3n) is 3.36. The summed E-state index contributed by atoms with van der Waals surface area (Å²) in [5.74, 6) is 2.11. The molecule has 1 aliphatic heterocycles. The summed E-state index contributed by atoms with van der Waals surface area (Å²) < 4.78 is 0. The lowest BCUT2D eigenvalue weighted by atomic mass is 9.95. The molecule has 2 rings (SSSR count). The van der Waals surface area contributed by atoms with Crippen LogP contribution in [0.3, 0.4) is 0 Å². The Morgan fingerprint density at radius 1 is 1.44 bits per heavy atom. The molecule has 0 radical (unpaired) electrons. The zero-order valence-electron chi connectivity index (χ0n) is 10.1. The summed E-state index contributed by atoms with van der Waals surface area (Å²) in [5, 5.41) is 0. The fraction of sp³-hybridized carbons (Fsp3) is 0.667. The van der Waals surface area contributed by atoms with Gasteiger partial charge in [0.1, 0.15) is 5.82 Å². The highest BCUT2D eigenvalue weighted by molar-refractivity contribution is 5.22. The summed E-state index contributed by atoms with van der Waals surface area (Å²) in [7, 11) is 0. The maximum absolute atomic E-state index is 5.51. The van der Waals surface area contributed by atoms with Gasteiger partial charge in [-0.25, -0.2) is 4.98 Å². The molecule has 1 fully saturated rings. The minimum Gasteiger partial charge on any atom is -0.382 e. The molecule has 0 aromatic carbocycles. The normalized spacial score (nSPS) is 21.8. The predicted molar refractivity (Wildman–Crippen MR) is 64.7 cm³/mol. The van der Waals surface area contributed by atoms with Gasteiger partial charge in [0.05, 0.1) is 18.1 Å². The van der Waals surface area contributed by atoms with E-state index in [1.165, 1.54) is 19.5 Å². The Labute approximate surface area is 96.9 Å². The van der Waals surface area contributed by atoms with Crippen LogP contribution in [0.15, 0.2) is 12.4 Å². The molecule has 4 nitrogen and oxygen atoms in total. The van der Waals surface area contributed by atoms with Crippen LogP contribution in [0.1, 0.15) is 26.0 Å². The largest absolute Gasteiger partial charge is 0.382 e. The molecule has 2 heterocycles. The Kier molecular flexibility index (Phi) is 3.39. The van der Waals surface area contributed by atoms with Gasteiger partial charge in [0, 0.05) is 13.1 Å². The topological polar surface area (TPSA) is 55.0 Å². The fourth-order valence-electron chi connectivity index (χ4n) is 2.23. The molecule has 1 aromatic rings. The minimum absolute atomic E-state index is 0.491. The van der Waals surface area contributed by atoms with Gasteiger partial charge in [-0.1, -0.05) is 13.8 Å². The highest BCUT2D eigenvalue weighted by Crippen LogP contribution is 2.24. The highest BCUT2D eigenvalue weighted by Gasteiger charge is 2.24. The van der Waals surface area contributed by atoms with Crippen LogP contribution in [0.2, 0.25) is 0 Å². The molecule has 1 unspecified atom stereocenters. The molecule has 1 atom stereocenters. The maximum Gasteiger partial charge on any atom is 0.141 e. The Hall–Kier alpha value is -1.16. The molecule has 4 heteroatoms. The van der Waals surface area contributed by atoms with Crippen LogP contribution in [0, 0.1) is 11.8 Å². The quantitative estimate of drug-likeness (QED) is 0.839. The fourth-order valence-corrected chi connectivity index (χ4v) is 2.23. The maximum atomic E-state index is 5.51. The van der Waals surface area contributed by atoms with Crippen LogP contribution in [-0.2, 0) is 6.54 Å². The smallest absolute Gasteiger partial charge is 0.141 e. The van der Waals surface area contributed by atoms with Crippen LogP contribution in [-0.4, -0.2) is 28.0 Å². The van der Waals surface area contributed by atoms with Crippen molar-refractivity contribution in [1.82, 2.24) is 14.9 Å². The van der Waals surface area contributed by atoms with Crippen molar-refractivity contribution in [3.8, 4) is 0 Å². The number of hydrogen-bond acceptors (Lipinski definition) is 4. The van der Waals surface area contributed by atoms with Crippen LogP contribution in [0.4, 0.5) is 5.82 Å². The third kappa shape index (κ3) is 2.70. The number of nitrogens with two attached hydrogens (primary N) is 1. The van der Waals surface area contributed by atoms with Crippen molar-refractivity contribution in [2.24, 2.45) is 11.8 Å². The van der Waals surface area contributed by atoms with E-state index < -0.39 is 0 Å². The standard InChI is InChI=1S/C12H20N4/c1-9(2)10-3-4-16(7-10)8-11-5-15-12(13)6-14-11/h5-6,9-10H,3-4,7-8H2,1-2H3,(H2,13,15). The van der Waals surface area contributed by atoms with Gasteiger partial charge in [-0.2, -0.15) is 0 Å². The van der Waals surface area contributed by atoms with E-state index in [0.29, 0.717) is 5.82 Å². The van der Waals surface area contributed by atoms with E-state index >= 15 is 0 Å². The monoisotopic (exact) mass is 220 g/mol. The first-order valence-corrected chi connectivity index (χ1v) is 5.94. The number of rotatable bonds is 3. The van der Waals surface area contributed by atoms with E-state index in [2.05, 4.69) is 28.7 Å². The Morgan fingerprint density at radius 2 is 2.25 bits per heavy atom. The molecule has 88 valence electrons. The summed E-state index contributed by atoms with van der Waals surface area (Å²) in [5.41, 5.74) is 6.52. The number of anilines is 1. The lowest BCUT2D eigenvalue weighted by molar-refractivity contribution is 0.293. The zero-order valence-corrected chi connectivity index (χ0v) is 10.1. The number of likely N-dealkylation sites (tertiary alicyclic amines) is 1. The van der Waals surface area contributed by atoms with Crippen molar-refractivity contribution in [2.45, 2.75) is 26.8 Å². The average molecular weight is 220 g/mol. The minimum atomic E-state index is 0.491. The van der Waals surface area contributed by atoms with E-state index in [4.69, 9.17) is 5.73 Å². The lowest BCUT2D eigenvalue weighted by Gasteiger charge is -2.17. The van der Waals surface area contributed by atoms with E-state index in [1.54, 1.807) is 12.4 Å². The summed E-state index contributed by atoms with van der Waals surface area (Å²) in [6.45, 7) is 7.86. The predicted octanol–water partition coefficient (Wildman–Crippen LogP) is 1.54. The molecule has 1 aromatic heterocycles. The second-order valence-corrected chi connectivity index (χ2v) is 4.96. The average Bonchev–Trinajstić information content (AvgIpc) is 2.70. The first-order valence-electron chi connectivity index (χ1n) is 5.94.